The van der Waals surface area contributed by atoms with E-state index < -0.39 is 0 Å². The Kier molecular flexibility index (Phi) is 8.14. The molecule has 4 rings (SSSR count). The number of rotatable bonds is 10. The first kappa shape index (κ1) is 27.0. The first-order valence-corrected chi connectivity index (χ1v) is 13.8. The zero-order chi connectivity index (χ0) is 26.7. The van der Waals surface area contributed by atoms with Crippen molar-refractivity contribution < 1.29 is 9.84 Å². The van der Waals surface area contributed by atoms with Gasteiger partial charge in [-0.15, -0.1) is 9.89 Å². The van der Waals surface area contributed by atoms with Gasteiger partial charge in [0, 0.05) is 25.6 Å². The van der Waals surface area contributed by atoms with Crippen LogP contribution in [0.25, 0.3) is 11.4 Å². The number of aliphatic imine (C=N–C) groups is 1. The first-order chi connectivity index (χ1) is 17.7. The summed E-state index contributed by atoms with van der Waals surface area (Å²) < 4.78 is 5.26. The van der Waals surface area contributed by atoms with E-state index in [-0.39, 0.29) is 11.2 Å². The summed E-state index contributed by atoms with van der Waals surface area (Å²) in [5.41, 5.74) is 3.11. The second-order valence-electron chi connectivity index (χ2n) is 10.3. The van der Waals surface area contributed by atoms with Crippen LogP contribution in [0.3, 0.4) is 0 Å². The van der Waals surface area contributed by atoms with E-state index in [1.165, 1.54) is 5.56 Å². The Balaban J connectivity index is 1.74. The first-order valence-electron chi connectivity index (χ1n) is 13.0. The molecule has 0 atom stereocenters. The summed E-state index contributed by atoms with van der Waals surface area (Å²) in [6.45, 7) is 15.2. The molecule has 1 aliphatic rings. The van der Waals surface area contributed by atoms with E-state index >= 15 is 0 Å². The minimum atomic E-state index is -0.243. The minimum Gasteiger partial charge on any atom is -0.507 e. The van der Waals surface area contributed by atoms with Crippen molar-refractivity contribution in [2.24, 2.45) is 15.5 Å². The molecule has 0 saturated heterocycles. The Bertz CT molecular complexity index is 1300. The van der Waals surface area contributed by atoms with Crippen LogP contribution in [0.15, 0.2) is 40.4 Å². The summed E-state index contributed by atoms with van der Waals surface area (Å²) in [6, 6.07) is 9.87. The predicted molar refractivity (Wildman–Crippen MR) is 153 cm³/mol. The van der Waals surface area contributed by atoms with Crippen LogP contribution in [0.5, 0.6) is 5.75 Å². The van der Waals surface area contributed by atoms with Gasteiger partial charge in [-0.2, -0.15) is 5.10 Å². The molecule has 0 unspecified atom stereocenters. The van der Waals surface area contributed by atoms with Crippen molar-refractivity contribution >= 4 is 32.8 Å². The molecule has 0 radical (unpaired) electrons. The van der Waals surface area contributed by atoms with E-state index in [1.807, 2.05) is 18.2 Å². The van der Waals surface area contributed by atoms with Gasteiger partial charge in [-0.05, 0) is 55.5 Å². The van der Waals surface area contributed by atoms with Gasteiger partial charge in [0.25, 0.3) is 0 Å². The molecule has 1 N–H and O–H groups in total. The lowest BCUT2D eigenvalue weighted by molar-refractivity contribution is 0.205. The molecular weight excluding hydrogens is 484 g/mol. The maximum atomic E-state index is 10.7. The number of likely N-dealkylation sites (N-methyl/N-ethyl adjacent to an activating group) is 1. The minimum absolute atomic E-state index is 0.163. The monoisotopic (exact) mass is 522 g/mol. The Labute approximate surface area is 223 Å². The molecule has 0 spiro atoms. The number of phenolic OH excluding ortho intramolecular Hbond substituents is 1. The second kappa shape index (κ2) is 11.1. The highest BCUT2D eigenvalue weighted by Gasteiger charge is 2.35. The molecule has 3 heterocycles. The van der Waals surface area contributed by atoms with E-state index in [0.717, 1.165) is 47.4 Å². The van der Waals surface area contributed by atoms with Gasteiger partial charge in [0.1, 0.15) is 16.5 Å². The highest BCUT2D eigenvalue weighted by atomic mass is 32.1. The van der Waals surface area contributed by atoms with Gasteiger partial charge in [-0.1, -0.05) is 52.0 Å². The maximum Gasteiger partial charge on any atom is 0.204 e. The fourth-order valence-electron chi connectivity index (χ4n) is 4.52. The van der Waals surface area contributed by atoms with Crippen molar-refractivity contribution in [2.75, 3.05) is 31.7 Å². The van der Waals surface area contributed by atoms with Crippen molar-refractivity contribution in [3.8, 4) is 17.1 Å². The molecule has 0 amide bonds. The molecule has 0 bridgehead atoms. The number of nitrogens with zero attached hydrogens (tertiary/aromatic N) is 6. The molecule has 3 aromatic rings. The van der Waals surface area contributed by atoms with Gasteiger partial charge in [-0.25, -0.2) is 9.98 Å². The normalized spacial score (nSPS) is 14.5. The Morgan fingerprint density at radius 1 is 1.14 bits per heavy atom. The largest absolute Gasteiger partial charge is 0.507 e. The molecule has 37 heavy (non-hydrogen) atoms. The summed E-state index contributed by atoms with van der Waals surface area (Å²) in [6.07, 6.45) is 2.07. The summed E-state index contributed by atoms with van der Waals surface area (Å²) in [7, 11) is 1.72. The molecular formula is C28H38N6O2S. The molecule has 9 heteroatoms. The van der Waals surface area contributed by atoms with Crippen LogP contribution >= 0.6 is 11.3 Å². The van der Waals surface area contributed by atoms with Gasteiger partial charge in [-0.3, -0.25) is 0 Å². The highest BCUT2D eigenvalue weighted by molar-refractivity contribution is 7.19. The van der Waals surface area contributed by atoms with Gasteiger partial charge in [0.05, 0.1) is 22.9 Å². The van der Waals surface area contributed by atoms with Crippen LogP contribution in [-0.4, -0.2) is 58.2 Å². The lowest BCUT2D eigenvalue weighted by Crippen LogP contribution is -2.27. The van der Waals surface area contributed by atoms with Crippen LogP contribution in [0.2, 0.25) is 0 Å². The Morgan fingerprint density at radius 3 is 2.54 bits per heavy atom. The fourth-order valence-corrected chi connectivity index (χ4v) is 5.50. The zero-order valence-electron chi connectivity index (χ0n) is 22.9. The van der Waals surface area contributed by atoms with E-state index in [9.17, 15) is 5.11 Å². The number of hydrogen-bond donors (Lipinski definition) is 1. The smallest absolute Gasteiger partial charge is 0.204 e. The number of aromatic hydroxyl groups is 1. The molecule has 0 fully saturated rings. The summed E-state index contributed by atoms with van der Waals surface area (Å²) >= 11 is 1.64. The molecule has 0 aliphatic carbocycles. The van der Waals surface area contributed by atoms with Crippen molar-refractivity contribution in [3.05, 3.63) is 41.7 Å². The topological polar surface area (TPSA) is 88.1 Å². The van der Waals surface area contributed by atoms with Gasteiger partial charge in [0.2, 0.25) is 5.82 Å². The quantitative estimate of drug-likeness (QED) is 0.329. The molecule has 198 valence electrons. The standard InChI is InChI=1S/C28H38N6O2S/c1-8-18(9-2)19-11-12-21(35)20(17-19)26-30-27-24(25(28(4,5)6)31-34(27)32-26)29-22-13-14-23(37-22)33(10-3)15-16-36-7/h11-14,17-18,35H,8-10,15-16H2,1-7H3. The van der Waals surface area contributed by atoms with Gasteiger partial charge < -0.3 is 14.7 Å². The van der Waals surface area contributed by atoms with Crippen LogP contribution in [0, 0.1) is 5.41 Å². The number of benzene rings is 1. The van der Waals surface area contributed by atoms with Gasteiger partial charge in [0.15, 0.2) is 5.82 Å². The van der Waals surface area contributed by atoms with E-state index in [2.05, 4.69) is 57.6 Å². The van der Waals surface area contributed by atoms with Crippen molar-refractivity contribution in [3.63, 3.8) is 0 Å². The lowest BCUT2D eigenvalue weighted by Gasteiger charge is -2.20. The average molecular weight is 523 g/mol. The summed E-state index contributed by atoms with van der Waals surface area (Å²) in [5.74, 6) is 1.63. The molecule has 2 aromatic heterocycles. The number of ether oxygens (including phenoxy) is 1. The van der Waals surface area contributed by atoms with Crippen LogP contribution in [0.4, 0.5) is 10.0 Å². The van der Waals surface area contributed by atoms with Crippen molar-refractivity contribution in [2.45, 2.75) is 60.3 Å². The number of anilines is 1. The van der Waals surface area contributed by atoms with Crippen molar-refractivity contribution in [1.82, 2.24) is 14.9 Å². The lowest BCUT2D eigenvalue weighted by atomic mass is 9.87. The number of methoxy groups -OCH3 is 1. The fraction of sp³-hybridized carbons (Fsp3) is 0.500. The van der Waals surface area contributed by atoms with Crippen LogP contribution in [-0.2, 0) is 4.74 Å². The second-order valence-corrected chi connectivity index (χ2v) is 11.3. The SMILES string of the molecule is CCC(CC)c1ccc(O)c(-c2nc3n(n2)N=C(C(C)(C)C)C3=Nc2ccc(N(CC)CCOC)s2)c1. The molecule has 1 aliphatic heterocycles. The van der Waals surface area contributed by atoms with Gasteiger partial charge >= 0.3 is 0 Å². The number of aromatic nitrogens is 3. The summed E-state index contributed by atoms with van der Waals surface area (Å²) in [5, 5.41) is 22.2. The average Bonchev–Trinajstić information content (AvgIpc) is 3.57. The van der Waals surface area contributed by atoms with E-state index in [0.29, 0.717) is 29.7 Å². The highest BCUT2D eigenvalue weighted by Crippen LogP contribution is 2.36. The van der Waals surface area contributed by atoms with E-state index in [4.69, 9.17) is 19.8 Å². The van der Waals surface area contributed by atoms with E-state index in [1.54, 1.807) is 29.3 Å². The maximum absolute atomic E-state index is 10.7. The number of phenols is 1. The third kappa shape index (κ3) is 5.62. The third-order valence-corrected chi connectivity index (χ3v) is 7.75. The van der Waals surface area contributed by atoms with Crippen LogP contribution in [0.1, 0.15) is 71.7 Å². The van der Waals surface area contributed by atoms with Crippen LogP contribution < -0.4 is 4.90 Å². The molecule has 1 aromatic carbocycles. The third-order valence-electron chi connectivity index (χ3n) is 6.71. The Morgan fingerprint density at radius 2 is 1.89 bits per heavy atom. The predicted octanol–water partition coefficient (Wildman–Crippen LogP) is 6.47. The van der Waals surface area contributed by atoms with Crippen molar-refractivity contribution in [1.29, 1.82) is 0 Å². The molecule has 8 nitrogen and oxygen atoms in total. The summed E-state index contributed by atoms with van der Waals surface area (Å²) in [4.78, 5) is 13.7. The number of thiophene rings is 1. The molecule has 0 saturated carbocycles. The number of hydrogen-bond acceptors (Lipinski definition) is 8. The number of fused-ring (bicyclic) bond motifs is 1. The zero-order valence-corrected chi connectivity index (χ0v) is 23.8. The Hall–Kier alpha value is -3.04.